The number of carbonyl (C=O) groups excluding carboxylic acids is 1. The molecule has 1 heterocycles. The van der Waals surface area contributed by atoms with Gasteiger partial charge in [-0.3, -0.25) is 0 Å². The van der Waals surface area contributed by atoms with Gasteiger partial charge in [-0.1, -0.05) is 47.7 Å². The minimum atomic E-state index is -0.574. The molecule has 0 unspecified atom stereocenters. The quantitative estimate of drug-likeness (QED) is 0.706. The molecule has 0 saturated heterocycles. The summed E-state index contributed by atoms with van der Waals surface area (Å²) >= 11 is 1.28. The zero-order valence-electron chi connectivity index (χ0n) is 17.1. The molecule has 0 aliphatic carbocycles. The van der Waals surface area contributed by atoms with Gasteiger partial charge in [0, 0.05) is 11.3 Å². The molecule has 27 heavy (non-hydrogen) atoms. The number of thioether (sulfide) groups is 1. The molecule has 0 atom stereocenters. The number of rotatable bonds is 3. The van der Waals surface area contributed by atoms with Crippen LogP contribution in [0.5, 0.6) is 0 Å². The Balaban J connectivity index is 2.43. The highest BCUT2D eigenvalue weighted by atomic mass is 32.2. The first-order valence-electron chi connectivity index (χ1n) is 8.92. The third-order valence-electron chi connectivity index (χ3n) is 4.03. The first kappa shape index (κ1) is 21.0. The number of esters is 1. The molecule has 0 aromatic heterocycles. The van der Waals surface area contributed by atoms with Crippen molar-refractivity contribution in [3.8, 4) is 0 Å². The van der Waals surface area contributed by atoms with Crippen LogP contribution in [0.1, 0.15) is 54.0 Å². The Morgan fingerprint density at radius 1 is 1.07 bits per heavy atom. The van der Waals surface area contributed by atoms with Gasteiger partial charge in [0.05, 0.1) is 5.70 Å². The zero-order valence-corrected chi connectivity index (χ0v) is 18.0. The minimum Gasteiger partial charge on any atom is -0.456 e. The topological polar surface area (TPSA) is 64.7 Å². The summed E-state index contributed by atoms with van der Waals surface area (Å²) in [5, 5.41) is 0.737. The van der Waals surface area contributed by atoms with Crippen LogP contribution in [0.3, 0.4) is 0 Å². The van der Waals surface area contributed by atoms with E-state index in [0.717, 1.165) is 33.0 Å². The molecule has 5 heteroatoms. The van der Waals surface area contributed by atoms with E-state index >= 15 is 0 Å². The van der Waals surface area contributed by atoms with Gasteiger partial charge >= 0.3 is 5.97 Å². The van der Waals surface area contributed by atoms with Crippen molar-refractivity contribution >= 4 is 28.3 Å². The third-order valence-corrected chi connectivity index (χ3v) is 5.11. The maximum atomic E-state index is 12.6. The predicted molar refractivity (Wildman–Crippen MR) is 115 cm³/mol. The minimum absolute atomic E-state index is 0.407. The number of benzene rings is 1. The lowest BCUT2D eigenvalue weighted by Gasteiger charge is -2.19. The summed E-state index contributed by atoms with van der Waals surface area (Å²) in [6.07, 6.45) is 0. The lowest BCUT2D eigenvalue weighted by Crippen LogP contribution is -2.24. The van der Waals surface area contributed by atoms with Crippen molar-refractivity contribution in [2.75, 3.05) is 0 Å². The normalized spacial score (nSPS) is 17.3. The summed E-state index contributed by atoms with van der Waals surface area (Å²) in [6.45, 7) is 13.5. The van der Waals surface area contributed by atoms with E-state index in [2.05, 4.69) is 12.1 Å². The summed E-state index contributed by atoms with van der Waals surface area (Å²) in [5.41, 5.74) is 11.1. The van der Waals surface area contributed by atoms with Gasteiger partial charge in [0.15, 0.2) is 0 Å². The Labute approximate surface area is 166 Å². The van der Waals surface area contributed by atoms with E-state index in [1.807, 2.05) is 66.7 Å². The number of carbonyl (C=O) groups is 1. The molecule has 0 bridgehead atoms. The van der Waals surface area contributed by atoms with Gasteiger partial charge in [0.1, 0.15) is 15.5 Å². The van der Waals surface area contributed by atoms with Crippen LogP contribution in [-0.2, 0) is 9.53 Å². The number of nitrogens with two attached hydrogens (primary N) is 1. The number of ether oxygens (including phenoxy) is 1. The SMILES string of the molecule is CC(C)=C1C(=N/C(C)=C(\C)c2ccccc2)SC(C(=O)OC(C)(C)C)=C1N. The molecule has 2 N–H and O–H groups in total. The van der Waals surface area contributed by atoms with E-state index in [-0.39, 0.29) is 0 Å². The Morgan fingerprint density at radius 2 is 1.67 bits per heavy atom. The van der Waals surface area contributed by atoms with Crippen molar-refractivity contribution in [2.45, 2.75) is 54.1 Å². The van der Waals surface area contributed by atoms with Gasteiger partial charge in [-0.15, -0.1) is 0 Å². The Morgan fingerprint density at radius 3 is 2.19 bits per heavy atom. The number of allylic oxidation sites excluding steroid dienone is 4. The molecule has 2 rings (SSSR count). The molecule has 1 aliphatic rings. The largest absolute Gasteiger partial charge is 0.456 e. The van der Waals surface area contributed by atoms with Crippen molar-refractivity contribution in [1.82, 2.24) is 0 Å². The van der Waals surface area contributed by atoms with Crippen LogP contribution in [0.4, 0.5) is 0 Å². The van der Waals surface area contributed by atoms with Crippen molar-refractivity contribution in [2.24, 2.45) is 10.7 Å². The van der Waals surface area contributed by atoms with Crippen molar-refractivity contribution < 1.29 is 9.53 Å². The lowest BCUT2D eigenvalue weighted by atomic mass is 10.1. The summed E-state index contributed by atoms with van der Waals surface area (Å²) in [4.78, 5) is 17.8. The second-order valence-corrected chi connectivity index (χ2v) is 8.71. The summed E-state index contributed by atoms with van der Waals surface area (Å²) in [5.74, 6) is -0.407. The first-order valence-corrected chi connectivity index (χ1v) is 9.73. The van der Waals surface area contributed by atoms with Gasteiger partial charge in [-0.2, -0.15) is 0 Å². The second-order valence-electron chi connectivity index (χ2n) is 7.72. The fourth-order valence-corrected chi connectivity index (χ4v) is 3.73. The summed E-state index contributed by atoms with van der Waals surface area (Å²) in [7, 11) is 0. The van der Waals surface area contributed by atoms with Gasteiger partial charge in [0.25, 0.3) is 0 Å². The van der Waals surface area contributed by atoms with E-state index < -0.39 is 11.6 Å². The number of nitrogens with zero attached hydrogens (tertiary/aromatic N) is 1. The molecule has 4 nitrogen and oxygen atoms in total. The molecule has 0 spiro atoms. The van der Waals surface area contributed by atoms with Crippen LogP contribution in [0.15, 0.2) is 62.8 Å². The number of aliphatic imine (C=N–C) groups is 1. The van der Waals surface area contributed by atoms with E-state index in [4.69, 9.17) is 15.5 Å². The van der Waals surface area contributed by atoms with E-state index in [9.17, 15) is 4.79 Å². The molecule has 0 saturated carbocycles. The van der Waals surface area contributed by atoms with Gasteiger partial charge in [-0.25, -0.2) is 9.79 Å². The molecule has 0 radical (unpaired) electrons. The van der Waals surface area contributed by atoms with Crippen molar-refractivity contribution in [1.29, 1.82) is 0 Å². The predicted octanol–water partition coefficient (Wildman–Crippen LogP) is 5.43. The van der Waals surface area contributed by atoms with E-state index in [1.54, 1.807) is 0 Å². The standard InChI is InChI=1S/C22H28N2O2S/c1-13(2)17-18(23)19(21(25)26-22(5,6)7)27-20(17)24-15(4)14(3)16-11-9-8-10-12-16/h8-12H,23H2,1-7H3/b15-14+,24-20?. The van der Waals surface area contributed by atoms with Crippen LogP contribution in [0.25, 0.3) is 5.57 Å². The maximum absolute atomic E-state index is 12.6. The van der Waals surface area contributed by atoms with Crippen LogP contribution < -0.4 is 5.73 Å². The summed E-state index contributed by atoms with van der Waals surface area (Å²) in [6, 6.07) is 10.1. The first-order chi connectivity index (χ1) is 12.5. The average molecular weight is 385 g/mol. The molecule has 1 aromatic carbocycles. The smallest absolute Gasteiger partial charge is 0.347 e. The van der Waals surface area contributed by atoms with Crippen molar-refractivity contribution in [3.05, 3.63) is 63.3 Å². The van der Waals surface area contributed by atoms with Gasteiger partial charge in [-0.05, 0) is 59.6 Å². The van der Waals surface area contributed by atoms with Crippen LogP contribution in [0.2, 0.25) is 0 Å². The summed E-state index contributed by atoms with van der Waals surface area (Å²) < 4.78 is 5.50. The fourth-order valence-electron chi connectivity index (χ4n) is 2.60. The molecular weight excluding hydrogens is 356 g/mol. The number of hydrogen-bond acceptors (Lipinski definition) is 5. The lowest BCUT2D eigenvalue weighted by molar-refractivity contribution is -0.148. The molecule has 0 amide bonds. The average Bonchev–Trinajstić information content (AvgIpc) is 2.89. The highest BCUT2D eigenvalue weighted by Gasteiger charge is 2.33. The van der Waals surface area contributed by atoms with Gasteiger partial charge in [0.2, 0.25) is 0 Å². The molecule has 1 aromatic rings. The molecule has 0 fully saturated rings. The van der Waals surface area contributed by atoms with E-state index in [1.165, 1.54) is 11.8 Å². The molecular formula is C22H28N2O2S. The fraction of sp³-hybridized carbons (Fsp3) is 0.364. The maximum Gasteiger partial charge on any atom is 0.347 e. The molecule has 1 aliphatic heterocycles. The molecule has 144 valence electrons. The zero-order chi connectivity index (χ0) is 20.4. The van der Waals surface area contributed by atoms with Crippen LogP contribution in [-0.4, -0.2) is 16.6 Å². The van der Waals surface area contributed by atoms with E-state index in [0.29, 0.717) is 10.6 Å². The monoisotopic (exact) mass is 384 g/mol. The Bertz CT molecular complexity index is 865. The Kier molecular flexibility index (Phi) is 6.37. The third kappa shape index (κ3) is 5.13. The van der Waals surface area contributed by atoms with Crippen LogP contribution in [0, 0.1) is 0 Å². The highest BCUT2D eigenvalue weighted by Crippen LogP contribution is 2.39. The Hall–Kier alpha value is -2.27. The van der Waals surface area contributed by atoms with Crippen molar-refractivity contribution in [3.63, 3.8) is 0 Å². The van der Waals surface area contributed by atoms with Crippen LogP contribution >= 0.6 is 11.8 Å². The number of hydrogen-bond donors (Lipinski definition) is 1. The second kappa shape index (κ2) is 8.17. The highest BCUT2D eigenvalue weighted by molar-refractivity contribution is 8.19. The van der Waals surface area contributed by atoms with Gasteiger partial charge < -0.3 is 10.5 Å².